The van der Waals surface area contributed by atoms with Crippen molar-refractivity contribution in [3.8, 4) is 5.75 Å². The fourth-order valence-electron chi connectivity index (χ4n) is 2.63. The molecule has 0 spiro atoms. The Balaban J connectivity index is 0.00000264. The number of para-hydroxylation sites is 1. The molecule has 0 saturated heterocycles. The molecule has 0 fully saturated rings. The summed E-state index contributed by atoms with van der Waals surface area (Å²) in [4.78, 5) is 4.77. The lowest BCUT2D eigenvalue weighted by Crippen LogP contribution is -2.38. The number of nitrogens with zero attached hydrogens (tertiary/aromatic N) is 1. The molecule has 0 amide bonds. The summed E-state index contributed by atoms with van der Waals surface area (Å²) in [5.74, 6) is 3.10. The van der Waals surface area contributed by atoms with Crippen LogP contribution in [0.1, 0.15) is 45.1 Å². The van der Waals surface area contributed by atoms with Gasteiger partial charge in [-0.3, -0.25) is 4.99 Å². The lowest BCUT2D eigenvalue weighted by atomic mass is 9.93. The molecule has 1 atom stereocenters. The first-order valence-corrected chi connectivity index (χ1v) is 8.44. The standard InChI is InChI=1S/C18H29N3O.HI/c1-4-19-18(20-11-9-14(2)3)21-13-15-10-12-22-17-8-6-5-7-16(15)17;/h5-8,14-15H,4,9-13H2,1-3H3,(H2,19,20,21);1H. The number of hydrogen-bond acceptors (Lipinski definition) is 2. The molecule has 5 heteroatoms. The van der Waals surface area contributed by atoms with E-state index in [0.717, 1.165) is 50.8 Å². The van der Waals surface area contributed by atoms with Crippen LogP contribution in [0.5, 0.6) is 5.75 Å². The Labute approximate surface area is 157 Å². The van der Waals surface area contributed by atoms with E-state index in [2.05, 4.69) is 49.6 Å². The molecule has 23 heavy (non-hydrogen) atoms. The van der Waals surface area contributed by atoms with Crippen molar-refractivity contribution in [2.45, 2.75) is 39.5 Å². The van der Waals surface area contributed by atoms with Gasteiger partial charge >= 0.3 is 0 Å². The molecule has 1 aromatic rings. The van der Waals surface area contributed by atoms with E-state index in [9.17, 15) is 0 Å². The van der Waals surface area contributed by atoms with E-state index >= 15 is 0 Å². The summed E-state index contributed by atoms with van der Waals surface area (Å²) >= 11 is 0. The van der Waals surface area contributed by atoms with E-state index in [1.807, 2.05) is 6.07 Å². The zero-order valence-electron chi connectivity index (χ0n) is 14.5. The molecular formula is C18H30IN3O. The molecule has 0 aromatic heterocycles. The Morgan fingerprint density at radius 3 is 2.83 bits per heavy atom. The Kier molecular flexibility index (Phi) is 9.36. The molecule has 0 saturated carbocycles. The summed E-state index contributed by atoms with van der Waals surface area (Å²) in [7, 11) is 0. The molecule has 130 valence electrons. The van der Waals surface area contributed by atoms with E-state index in [1.165, 1.54) is 5.56 Å². The number of halogens is 1. The Hall–Kier alpha value is -0.980. The maximum Gasteiger partial charge on any atom is 0.191 e. The first-order valence-electron chi connectivity index (χ1n) is 8.44. The maximum absolute atomic E-state index is 5.72. The van der Waals surface area contributed by atoms with Crippen molar-refractivity contribution in [3.05, 3.63) is 29.8 Å². The van der Waals surface area contributed by atoms with Gasteiger partial charge in [-0.05, 0) is 37.3 Å². The second kappa shape index (κ2) is 10.7. The quantitative estimate of drug-likeness (QED) is 0.410. The van der Waals surface area contributed by atoms with E-state index < -0.39 is 0 Å². The minimum atomic E-state index is 0. The first-order chi connectivity index (χ1) is 10.7. The van der Waals surface area contributed by atoms with Crippen molar-refractivity contribution in [1.82, 2.24) is 10.6 Å². The summed E-state index contributed by atoms with van der Waals surface area (Å²) in [6, 6.07) is 8.32. The Bertz CT molecular complexity index is 491. The zero-order valence-corrected chi connectivity index (χ0v) is 16.8. The number of nitrogens with one attached hydrogen (secondary N) is 2. The van der Waals surface area contributed by atoms with Gasteiger partial charge in [0.1, 0.15) is 5.75 Å². The van der Waals surface area contributed by atoms with Gasteiger partial charge in [-0.2, -0.15) is 0 Å². The number of benzene rings is 1. The smallest absolute Gasteiger partial charge is 0.191 e. The fraction of sp³-hybridized carbons (Fsp3) is 0.611. The Morgan fingerprint density at radius 1 is 1.30 bits per heavy atom. The summed E-state index contributed by atoms with van der Waals surface area (Å²) in [5, 5.41) is 6.75. The van der Waals surface area contributed by atoms with Gasteiger partial charge in [0.05, 0.1) is 6.61 Å². The van der Waals surface area contributed by atoms with Crippen molar-refractivity contribution >= 4 is 29.9 Å². The van der Waals surface area contributed by atoms with Gasteiger partial charge in [-0.1, -0.05) is 32.0 Å². The molecule has 1 aliphatic heterocycles. The van der Waals surface area contributed by atoms with E-state index in [4.69, 9.17) is 9.73 Å². The van der Waals surface area contributed by atoms with E-state index in [1.54, 1.807) is 0 Å². The van der Waals surface area contributed by atoms with Crippen LogP contribution in [0.2, 0.25) is 0 Å². The van der Waals surface area contributed by atoms with Gasteiger partial charge in [-0.25, -0.2) is 0 Å². The highest BCUT2D eigenvalue weighted by molar-refractivity contribution is 14.0. The van der Waals surface area contributed by atoms with Crippen LogP contribution in [0.25, 0.3) is 0 Å². The first kappa shape index (κ1) is 20.1. The number of rotatable bonds is 6. The highest BCUT2D eigenvalue weighted by Gasteiger charge is 2.20. The van der Waals surface area contributed by atoms with Crippen molar-refractivity contribution in [2.24, 2.45) is 10.9 Å². The van der Waals surface area contributed by atoms with Crippen molar-refractivity contribution in [1.29, 1.82) is 0 Å². The molecule has 2 rings (SSSR count). The molecule has 1 aromatic carbocycles. The van der Waals surface area contributed by atoms with Crippen LogP contribution >= 0.6 is 24.0 Å². The van der Waals surface area contributed by atoms with Crippen LogP contribution < -0.4 is 15.4 Å². The van der Waals surface area contributed by atoms with Crippen LogP contribution in [-0.4, -0.2) is 32.2 Å². The van der Waals surface area contributed by atoms with Crippen LogP contribution in [0, 0.1) is 5.92 Å². The van der Waals surface area contributed by atoms with Gasteiger partial charge < -0.3 is 15.4 Å². The van der Waals surface area contributed by atoms with Crippen LogP contribution in [0.4, 0.5) is 0 Å². The molecule has 0 bridgehead atoms. The summed E-state index contributed by atoms with van der Waals surface area (Å²) in [5.41, 5.74) is 1.29. The monoisotopic (exact) mass is 431 g/mol. The van der Waals surface area contributed by atoms with Crippen LogP contribution in [0.3, 0.4) is 0 Å². The third-order valence-electron chi connectivity index (χ3n) is 3.91. The molecule has 0 aliphatic carbocycles. The minimum Gasteiger partial charge on any atom is -0.493 e. The average molecular weight is 431 g/mol. The zero-order chi connectivity index (χ0) is 15.8. The predicted octanol–water partition coefficient (Wildman–Crippen LogP) is 3.77. The molecule has 1 heterocycles. The van der Waals surface area contributed by atoms with Gasteiger partial charge in [0.2, 0.25) is 0 Å². The predicted molar refractivity (Wildman–Crippen MR) is 108 cm³/mol. The molecule has 2 N–H and O–H groups in total. The normalized spacial score (nSPS) is 17.0. The molecule has 4 nitrogen and oxygen atoms in total. The van der Waals surface area contributed by atoms with Gasteiger partial charge in [0.25, 0.3) is 0 Å². The third-order valence-corrected chi connectivity index (χ3v) is 3.91. The number of guanidine groups is 1. The highest BCUT2D eigenvalue weighted by Crippen LogP contribution is 2.33. The van der Waals surface area contributed by atoms with Gasteiger partial charge in [0.15, 0.2) is 5.96 Å². The molecule has 1 aliphatic rings. The molecule has 1 unspecified atom stereocenters. The minimum absolute atomic E-state index is 0. The van der Waals surface area contributed by atoms with Crippen LogP contribution in [0.15, 0.2) is 29.3 Å². The highest BCUT2D eigenvalue weighted by atomic mass is 127. The Morgan fingerprint density at radius 2 is 2.09 bits per heavy atom. The fourth-order valence-corrected chi connectivity index (χ4v) is 2.63. The topological polar surface area (TPSA) is 45.7 Å². The third kappa shape index (κ3) is 6.57. The van der Waals surface area contributed by atoms with E-state index in [-0.39, 0.29) is 24.0 Å². The second-order valence-electron chi connectivity index (χ2n) is 6.20. The summed E-state index contributed by atoms with van der Waals surface area (Å²) < 4.78 is 5.72. The molecule has 0 radical (unpaired) electrons. The lowest BCUT2D eigenvalue weighted by molar-refractivity contribution is 0.269. The summed E-state index contributed by atoms with van der Waals surface area (Å²) in [6.07, 6.45) is 2.19. The number of ether oxygens (including phenoxy) is 1. The van der Waals surface area contributed by atoms with Gasteiger partial charge in [0, 0.05) is 25.6 Å². The van der Waals surface area contributed by atoms with E-state index in [0.29, 0.717) is 11.8 Å². The van der Waals surface area contributed by atoms with Crippen molar-refractivity contribution in [3.63, 3.8) is 0 Å². The van der Waals surface area contributed by atoms with Crippen LogP contribution in [-0.2, 0) is 0 Å². The number of hydrogen-bond donors (Lipinski definition) is 2. The van der Waals surface area contributed by atoms with Crippen molar-refractivity contribution < 1.29 is 4.74 Å². The SMILES string of the molecule is CCNC(=NCC1CCOc2ccccc21)NCCC(C)C.I. The van der Waals surface area contributed by atoms with Crippen molar-refractivity contribution in [2.75, 3.05) is 26.2 Å². The number of fused-ring (bicyclic) bond motifs is 1. The lowest BCUT2D eigenvalue weighted by Gasteiger charge is -2.25. The largest absolute Gasteiger partial charge is 0.493 e. The average Bonchev–Trinajstić information content (AvgIpc) is 2.52. The molecular weight excluding hydrogens is 401 g/mol. The maximum atomic E-state index is 5.72. The number of aliphatic imine (C=N–C) groups is 1. The van der Waals surface area contributed by atoms with Gasteiger partial charge in [-0.15, -0.1) is 24.0 Å². The summed E-state index contributed by atoms with van der Waals surface area (Å²) in [6.45, 7) is 10.0. The second-order valence-corrected chi connectivity index (χ2v) is 6.20.